The van der Waals surface area contributed by atoms with E-state index in [1.54, 1.807) is 0 Å². The van der Waals surface area contributed by atoms with Crippen LogP contribution >= 0.6 is 31.9 Å². The molecule has 0 heterocycles. The van der Waals surface area contributed by atoms with Crippen molar-refractivity contribution in [3.63, 3.8) is 0 Å². The number of benzene rings is 2. The zero-order valence-electron chi connectivity index (χ0n) is 9.41. The van der Waals surface area contributed by atoms with E-state index >= 15 is 0 Å². The molecule has 0 aromatic heterocycles. The van der Waals surface area contributed by atoms with Gasteiger partial charge in [0, 0.05) is 8.95 Å². The van der Waals surface area contributed by atoms with Gasteiger partial charge in [0.2, 0.25) is 0 Å². The number of hydrogen-bond acceptors (Lipinski definition) is 1. The van der Waals surface area contributed by atoms with Gasteiger partial charge in [0.15, 0.2) is 0 Å². The van der Waals surface area contributed by atoms with Crippen LogP contribution < -0.4 is 4.74 Å². The van der Waals surface area contributed by atoms with Crippen molar-refractivity contribution in [3.05, 3.63) is 62.5 Å². The second kappa shape index (κ2) is 5.69. The lowest BCUT2D eigenvalue weighted by molar-refractivity contribution is 0.304. The quantitative estimate of drug-likeness (QED) is 0.744. The van der Waals surface area contributed by atoms with Gasteiger partial charge < -0.3 is 4.74 Å². The van der Waals surface area contributed by atoms with Gasteiger partial charge in [0.1, 0.15) is 12.4 Å². The fourth-order valence-electron chi connectivity index (χ4n) is 1.52. The van der Waals surface area contributed by atoms with Crippen LogP contribution in [0.5, 0.6) is 5.75 Å². The Bertz CT molecular complexity index is 523. The minimum absolute atomic E-state index is 0.580. The third-order valence-corrected chi connectivity index (χ3v) is 3.42. The molecular weight excluding hydrogens is 344 g/mol. The van der Waals surface area contributed by atoms with Crippen LogP contribution in [0.2, 0.25) is 0 Å². The summed E-state index contributed by atoms with van der Waals surface area (Å²) in [4.78, 5) is 0. The summed E-state index contributed by atoms with van der Waals surface area (Å²) < 4.78 is 7.92. The van der Waals surface area contributed by atoms with Gasteiger partial charge in [-0.05, 0) is 42.3 Å². The van der Waals surface area contributed by atoms with Crippen LogP contribution in [-0.2, 0) is 6.61 Å². The molecule has 0 spiro atoms. The SMILES string of the molecule is Cc1ccc(Br)cc1OCc1cccc(Br)c1. The molecule has 0 unspecified atom stereocenters. The van der Waals surface area contributed by atoms with Crippen LogP contribution in [0.1, 0.15) is 11.1 Å². The molecule has 0 saturated heterocycles. The van der Waals surface area contributed by atoms with Gasteiger partial charge in [0.25, 0.3) is 0 Å². The Balaban J connectivity index is 2.09. The van der Waals surface area contributed by atoms with E-state index in [4.69, 9.17) is 4.74 Å². The Morgan fingerprint density at radius 1 is 1.00 bits per heavy atom. The second-order valence-corrected chi connectivity index (χ2v) is 5.66. The first kappa shape index (κ1) is 12.7. The lowest BCUT2D eigenvalue weighted by atomic mass is 10.2. The molecule has 0 amide bonds. The largest absolute Gasteiger partial charge is 0.489 e. The van der Waals surface area contributed by atoms with Crippen molar-refractivity contribution < 1.29 is 4.74 Å². The molecule has 17 heavy (non-hydrogen) atoms. The number of ether oxygens (including phenoxy) is 1. The highest BCUT2D eigenvalue weighted by Gasteiger charge is 2.01. The second-order valence-electron chi connectivity index (χ2n) is 3.83. The average molecular weight is 356 g/mol. The molecule has 2 aromatic carbocycles. The van der Waals surface area contributed by atoms with Gasteiger partial charge in [-0.3, -0.25) is 0 Å². The summed E-state index contributed by atoms with van der Waals surface area (Å²) in [7, 11) is 0. The van der Waals surface area contributed by atoms with Crippen LogP contribution in [0.15, 0.2) is 51.4 Å². The van der Waals surface area contributed by atoms with Crippen molar-refractivity contribution in [2.24, 2.45) is 0 Å². The maximum atomic E-state index is 5.81. The molecule has 1 nitrogen and oxygen atoms in total. The summed E-state index contributed by atoms with van der Waals surface area (Å²) in [6.07, 6.45) is 0. The van der Waals surface area contributed by atoms with Crippen LogP contribution in [0.4, 0.5) is 0 Å². The molecule has 2 rings (SSSR count). The van der Waals surface area contributed by atoms with E-state index in [0.29, 0.717) is 6.61 Å². The standard InChI is InChI=1S/C14H12Br2O/c1-10-5-6-13(16)8-14(10)17-9-11-3-2-4-12(15)7-11/h2-8H,9H2,1H3. The number of hydrogen-bond donors (Lipinski definition) is 0. The van der Waals surface area contributed by atoms with Gasteiger partial charge in [-0.2, -0.15) is 0 Å². The predicted octanol–water partition coefficient (Wildman–Crippen LogP) is 5.10. The molecule has 0 fully saturated rings. The highest BCUT2D eigenvalue weighted by atomic mass is 79.9. The third kappa shape index (κ3) is 3.58. The molecule has 0 saturated carbocycles. The molecule has 0 radical (unpaired) electrons. The summed E-state index contributed by atoms with van der Waals surface area (Å²) in [5.41, 5.74) is 2.29. The summed E-state index contributed by atoms with van der Waals surface area (Å²) in [6, 6.07) is 14.2. The Morgan fingerprint density at radius 2 is 1.76 bits per heavy atom. The molecule has 88 valence electrons. The van der Waals surface area contributed by atoms with Crippen molar-refractivity contribution in [1.29, 1.82) is 0 Å². The first-order valence-corrected chi connectivity index (χ1v) is 6.87. The van der Waals surface area contributed by atoms with Gasteiger partial charge in [-0.25, -0.2) is 0 Å². The fraction of sp³-hybridized carbons (Fsp3) is 0.143. The van der Waals surface area contributed by atoms with Gasteiger partial charge in [-0.1, -0.05) is 50.1 Å². The molecule has 0 N–H and O–H groups in total. The lowest BCUT2D eigenvalue weighted by Gasteiger charge is -2.09. The lowest BCUT2D eigenvalue weighted by Crippen LogP contribution is -1.96. The van der Waals surface area contributed by atoms with E-state index in [1.165, 1.54) is 0 Å². The highest BCUT2D eigenvalue weighted by molar-refractivity contribution is 9.10. The van der Waals surface area contributed by atoms with Gasteiger partial charge >= 0.3 is 0 Å². The van der Waals surface area contributed by atoms with E-state index < -0.39 is 0 Å². The summed E-state index contributed by atoms with van der Waals surface area (Å²) in [5, 5.41) is 0. The minimum Gasteiger partial charge on any atom is -0.489 e. The van der Waals surface area contributed by atoms with Crippen molar-refractivity contribution in [3.8, 4) is 5.75 Å². The zero-order chi connectivity index (χ0) is 12.3. The fourth-order valence-corrected chi connectivity index (χ4v) is 2.30. The van der Waals surface area contributed by atoms with Crippen molar-refractivity contribution in [2.45, 2.75) is 13.5 Å². The third-order valence-electron chi connectivity index (χ3n) is 2.43. The monoisotopic (exact) mass is 354 g/mol. The maximum Gasteiger partial charge on any atom is 0.123 e. The molecule has 0 aliphatic heterocycles. The summed E-state index contributed by atoms with van der Waals surface area (Å²) in [5.74, 6) is 0.916. The summed E-state index contributed by atoms with van der Waals surface area (Å²) >= 11 is 6.90. The first-order chi connectivity index (χ1) is 8.15. The van der Waals surface area contributed by atoms with Crippen LogP contribution in [0.3, 0.4) is 0 Å². The minimum atomic E-state index is 0.580. The Morgan fingerprint density at radius 3 is 2.53 bits per heavy atom. The van der Waals surface area contributed by atoms with Crippen LogP contribution in [0, 0.1) is 6.92 Å². The molecule has 3 heteroatoms. The predicted molar refractivity (Wildman–Crippen MR) is 77.4 cm³/mol. The first-order valence-electron chi connectivity index (χ1n) is 5.28. The van der Waals surface area contributed by atoms with E-state index in [0.717, 1.165) is 25.8 Å². The average Bonchev–Trinajstić information content (AvgIpc) is 2.30. The van der Waals surface area contributed by atoms with E-state index in [1.807, 2.05) is 37.3 Å². The molecule has 0 aliphatic carbocycles. The van der Waals surface area contributed by atoms with Crippen molar-refractivity contribution in [2.75, 3.05) is 0 Å². The van der Waals surface area contributed by atoms with Crippen LogP contribution in [-0.4, -0.2) is 0 Å². The molecule has 0 atom stereocenters. The molecule has 0 aliphatic rings. The van der Waals surface area contributed by atoms with Crippen LogP contribution in [0.25, 0.3) is 0 Å². The van der Waals surface area contributed by atoms with Crippen molar-refractivity contribution >= 4 is 31.9 Å². The number of rotatable bonds is 3. The Kier molecular flexibility index (Phi) is 4.24. The van der Waals surface area contributed by atoms with E-state index in [9.17, 15) is 0 Å². The Hall–Kier alpha value is -0.800. The van der Waals surface area contributed by atoms with Gasteiger partial charge in [0.05, 0.1) is 0 Å². The smallest absolute Gasteiger partial charge is 0.123 e. The Labute approximate surface area is 118 Å². The molecular formula is C14H12Br2O. The molecule has 0 bridgehead atoms. The summed E-state index contributed by atoms with van der Waals surface area (Å²) in [6.45, 7) is 2.62. The maximum absolute atomic E-state index is 5.81. The van der Waals surface area contributed by atoms with E-state index in [-0.39, 0.29) is 0 Å². The normalized spacial score (nSPS) is 10.3. The van der Waals surface area contributed by atoms with E-state index in [2.05, 4.69) is 44.0 Å². The van der Waals surface area contributed by atoms with Gasteiger partial charge in [-0.15, -0.1) is 0 Å². The molecule has 2 aromatic rings. The number of halogens is 2. The topological polar surface area (TPSA) is 9.23 Å². The number of aryl methyl sites for hydroxylation is 1. The zero-order valence-corrected chi connectivity index (χ0v) is 12.6. The van der Waals surface area contributed by atoms with Crippen molar-refractivity contribution in [1.82, 2.24) is 0 Å². The highest BCUT2D eigenvalue weighted by Crippen LogP contribution is 2.24.